The van der Waals surface area contributed by atoms with Crippen LogP contribution in [0.1, 0.15) is 26.4 Å². The van der Waals surface area contributed by atoms with Crippen molar-refractivity contribution >= 4 is 32.3 Å². The van der Waals surface area contributed by atoms with Gasteiger partial charge < -0.3 is 10.5 Å². The number of hydrogen-bond donors (Lipinski definition) is 2. The van der Waals surface area contributed by atoms with Crippen molar-refractivity contribution in [3.05, 3.63) is 39.8 Å². The summed E-state index contributed by atoms with van der Waals surface area (Å²) in [7, 11) is -2.63. The van der Waals surface area contributed by atoms with Gasteiger partial charge >= 0.3 is 0 Å². The van der Waals surface area contributed by atoms with Gasteiger partial charge in [0, 0.05) is 4.88 Å². The van der Waals surface area contributed by atoms with E-state index < -0.39 is 15.9 Å². The zero-order valence-electron chi connectivity index (χ0n) is 13.2. The van der Waals surface area contributed by atoms with Gasteiger partial charge in [-0.3, -0.25) is 9.52 Å². The van der Waals surface area contributed by atoms with Gasteiger partial charge in [-0.1, -0.05) is 0 Å². The molecule has 2 aromatic rings. The zero-order chi connectivity index (χ0) is 18.1. The molecule has 0 spiro atoms. The molecule has 126 valence electrons. The highest BCUT2D eigenvalue weighted by Crippen LogP contribution is 2.33. The lowest BCUT2D eigenvalue weighted by atomic mass is 10.2. The molecule has 0 radical (unpaired) electrons. The van der Waals surface area contributed by atoms with Crippen LogP contribution in [0.3, 0.4) is 0 Å². The van der Waals surface area contributed by atoms with E-state index in [1.165, 1.54) is 30.6 Å². The normalized spacial score (nSPS) is 10.9. The van der Waals surface area contributed by atoms with Crippen LogP contribution >= 0.6 is 11.3 Å². The largest absolute Gasteiger partial charge is 0.496 e. The molecule has 0 bridgehead atoms. The van der Waals surface area contributed by atoms with Gasteiger partial charge in [0.05, 0.1) is 23.1 Å². The van der Waals surface area contributed by atoms with Crippen molar-refractivity contribution in [3.63, 3.8) is 0 Å². The number of anilines is 1. The van der Waals surface area contributed by atoms with Crippen LogP contribution in [0.4, 0.5) is 5.00 Å². The molecule has 1 amide bonds. The van der Waals surface area contributed by atoms with Crippen LogP contribution in [0.25, 0.3) is 0 Å². The Labute approximate surface area is 143 Å². The first-order valence-electron chi connectivity index (χ1n) is 6.72. The predicted molar refractivity (Wildman–Crippen MR) is 90.8 cm³/mol. The number of benzene rings is 1. The maximum absolute atomic E-state index is 12.6. The lowest BCUT2D eigenvalue weighted by Gasteiger charge is -2.10. The van der Waals surface area contributed by atoms with Crippen LogP contribution in [-0.2, 0) is 10.0 Å². The SMILES string of the molecule is COc1ccc(S(=O)(=O)Nc2sc(C)c(C)c2C#N)cc1C(N)=O. The molecule has 7 nitrogen and oxygen atoms in total. The van der Waals surface area contributed by atoms with Crippen molar-refractivity contribution in [2.45, 2.75) is 18.7 Å². The number of rotatable bonds is 5. The zero-order valence-corrected chi connectivity index (χ0v) is 14.8. The monoisotopic (exact) mass is 365 g/mol. The van der Waals surface area contributed by atoms with Gasteiger partial charge in [-0.25, -0.2) is 8.42 Å². The van der Waals surface area contributed by atoms with Crippen molar-refractivity contribution < 1.29 is 17.9 Å². The number of ether oxygens (including phenoxy) is 1. The summed E-state index contributed by atoms with van der Waals surface area (Å²) in [5.41, 5.74) is 6.22. The summed E-state index contributed by atoms with van der Waals surface area (Å²) >= 11 is 1.18. The molecule has 1 aromatic carbocycles. The number of nitrogens with two attached hydrogens (primary N) is 1. The molecule has 0 fully saturated rings. The van der Waals surface area contributed by atoms with E-state index in [1.54, 1.807) is 13.8 Å². The second kappa shape index (κ2) is 6.51. The number of nitriles is 1. The second-order valence-electron chi connectivity index (χ2n) is 4.93. The quantitative estimate of drug-likeness (QED) is 0.840. The molecule has 0 aliphatic rings. The molecule has 0 saturated heterocycles. The number of hydrogen-bond acceptors (Lipinski definition) is 6. The lowest BCUT2D eigenvalue weighted by molar-refractivity contribution is 0.0997. The van der Waals surface area contributed by atoms with Gasteiger partial charge in [-0.2, -0.15) is 5.26 Å². The van der Waals surface area contributed by atoms with E-state index in [9.17, 15) is 18.5 Å². The van der Waals surface area contributed by atoms with E-state index >= 15 is 0 Å². The topological polar surface area (TPSA) is 122 Å². The number of amides is 1. The minimum atomic E-state index is -3.98. The number of primary amides is 1. The predicted octanol–water partition coefficient (Wildman–Crippen LogP) is 2.14. The molecule has 24 heavy (non-hydrogen) atoms. The van der Waals surface area contributed by atoms with E-state index in [0.717, 1.165) is 16.5 Å². The van der Waals surface area contributed by atoms with Crippen LogP contribution in [0.5, 0.6) is 5.75 Å². The van der Waals surface area contributed by atoms with Gasteiger partial charge in [0.25, 0.3) is 15.9 Å². The first-order valence-corrected chi connectivity index (χ1v) is 9.02. The maximum atomic E-state index is 12.6. The Kier molecular flexibility index (Phi) is 4.82. The third-order valence-electron chi connectivity index (χ3n) is 3.47. The fraction of sp³-hybridized carbons (Fsp3) is 0.200. The summed E-state index contributed by atoms with van der Waals surface area (Å²) in [5.74, 6) is -0.619. The summed E-state index contributed by atoms with van der Waals surface area (Å²) in [5, 5.41) is 9.45. The number of aryl methyl sites for hydroxylation is 1. The Morgan fingerprint density at radius 1 is 1.38 bits per heavy atom. The third kappa shape index (κ3) is 3.20. The van der Waals surface area contributed by atoms with Crippen molar-refractivity contribution in [1.82, 2.24) is 0 Å². The number of nitrogens with zero attached hydrogens (tertiary/aromatic N) is 1. The summed E-state index contributed by atoms with van der Waals surface area (Å²) in [6.45, 7) is 3.55. The van der Waals surface area contributed by atoms with Gasteiger partial charge in [0.15, 0.2) is 0 Å². The Morgan fingerprint density at radius 3 is 2.58 bits per heavy atom. The average Bonchev–Trinajstić information content (AvgIpc) is 2.79. The summed E-state index contributed by atoms with van der Waals surface area (Å²) in [4.78, 5) is 12.1. The van der Waals surface area contributed by atoms with E-state index in [4.69, 9.17) is 10.5 Å². The van der Waals surface area contributed by atoms with Crippen molar-refractivity contribution in [2.24, 2.45) is 5.73 Å². The summed E-state index contributed by atoms with van der Waals surface area (Å²) in [6, 6.07) is 5.79. The molecule has 1 aromatic heterocycles. The molecular formula is C15H15N3O4S2. The Morgan fingerprint density at radius 2 is 2.04 bits per heavy atom. The molecule has 0 unspecified atom stereocenters. The lowest BCUT2D eigenvalue weighted by Crippen LogP contribution is -2.16. The second-order valence-corrected chi connectivity index (χ2v) is 7.84. The van der Waals surface area contributed by atoms with Crippen LogP contribution in [0.15, 0.2) is 23.1 Å². The van der Waals surface area contributed by atoms with Gasteiger partial charge in [-0.15, -0.1) is 11.3 Å². The van der Waals surface area contributed by atoms with E-state index in [1.807, 2.05) is 6.07 Å². The Bertz CT molecular complexity index is 956. The van der Waals surface area contributed by atoms with Crippen LogP contribution in [0.2, 0.25) is 0 Å². The maximum Gasteiger partial charge on any atom is 0.262 e. The minimum absolute atomic E-state index is 0.0422. The van der Waals surface area contributed by atoms with E-state index in [-0.39, 0.29) is 26.8 Å². The van der Waals surface area contributed by atoms with E-state index in [2.05, 4.69) is 4.72 Å². The van der Waals surface area contributed by atoms with Gasteiger partial charge in [0.2, 0.25) is 0 Å². The highest BCUT2D eigenvalue weighted by molar-refractivity contribution is 7.93. The summed E-state index contributed by atoms with van der Waals surface area (Å²) < 4.78 is 32.5. The molecule has 2 rings (SSSR count). The van der Waals surface area contributed by atoms with Crippen LogP contribution < -0.4 is 15.2 Å². The molecule has 1 heterocycles. The van der Waals surface area contributed by atoms with Crippen molar-refractivity contribution in [3.8, 4) is 11.8 Å². The number of methoxy groups -OCH3 is 1. The molecule has 0 saturated carbocycles. The molecular weight excluding hydrogens is 350 g/mol. The van der Waals surface area contributed by atoms with Crippen LogP contribution in [-0.4, -0.2) is 21.4 Å². The Balaban J connectivity index is 2.49. The fourth-order valence-electron chi connectivity index (χ4n) is 2.06. The molecule has 0 aliphatic carbocycles. The van der Waals surface area contributed by atoms with Crippen molar-refractivity contribution in [2.75, 3.05) is 11.8 Å². The number of thiophene rings is 1. The number of carbonyl (C=O) groups is 1. The summed E-state index contributed by atoms with van der Waals surface area (Å²) in [6.07, 6.45) is 0. The minimum Gasteiger partial charge on any atom is -0.496 e. The Hall–Kier alpha value is -2.57. The number of carbonyl (C=O) groups excluding carboxylic acids is 1. The van der Waals surface area contributed by atoms with Gasteiger partial charge in [0.1, 0.15) is 16.8 Å². The molecule has 9 heteroatoms. The van der Waals surface area contributed by atoms with Crippen molar-refractivity contribution in [1.29, 1.82) is 5.26 Å². The first kappa shape index (κ1) is 17.8. The molecule has 3 N–H and O–H groups in total. The fourth-order valence-corrected chi connectivity index (χ4v) is 4.40. The van der Waals surface area contributed by atoms with Crippen LogP contribution in [0, 0.1) is 25.2 Å². The first-order chi connectivity index (χ1) is 11.2. The number of nitrogens with one attached hydrogen (secondary N) is 1. The molecule has 0 atom stereocenters. The smallest absolute Gasteiger partial charge is 0.262 e. The number of sulfonamides is 1. The highest BCUT2D eigenvalue weighted by Gasteiger charge is 2.22. The third-order valence-corrected chi connectivity index (χ3v) is 6.07. The molecule has 0 aliphatic heterocycles. The van der Waals surface area contributed by atoms with Gasteiger partial charge in [-0.05, 0) is 37.6 Å². The highest BCUT2D eigenvalue weighted by atomic mass is 32.2. The average molecular weight is 365 g/mol. The standard InChI is InChI=1S/C15H15N3O4S2/c1-8-9(2)23-15(12(8)7-16)18-24(20,21)10-4-5-13(22-3)11(6-10)14(17)19/h4-6,18H,1-3H3,(H2,17,19). The van der Waals surface area contributed by atoms with E-state index in [0.29, 0.717) is 0 Å².